The van der Waals surface area contributed by atoms with E-state index in [1.54, 1.807) is 30.3 Å². The lowest BCUT2D eigenvalue weighted by Crippen LogP contribution is -2.20. The third-order valence-corrected chi connectivity index (χ3v) is 4.18. The number of benzene rings is 1. The monoisotopic (exact) mass is 401 g/mol. The fraction of sp³-hybridized carbons (Fsp3) is 0.238. The van der Waals surface area contributed by atoms with E-state index in [1.807, 2.05) is 19.1 Å². The zero-order valence-electron chi connectivity index (χ0n) is 15.6. The van der Waals surface area contributed by atoms with Crippen LogP contribution in [0.25, 0.3) is 11.1 Å². The Balaban J connectivity index is 1.92. The highest BCUT2D eigenvalue weighted by Gasteiger charge is 2.29. The molecule has 0 spiro atoms. The van der Waals surface area contributed by atoms with Crippen molar-refractivity contribution in [2.24, 2.45) is 0 Å². The van der Waals surface area contributed by atoms with E-state index in [4.69, 9.17) is 4.74 Å². The second-order valence-electron chi connectivity index (χ2n) is 6.36. The number of ether oxygens (including phenoxy) is 1. The van der Waals surface area contributed by atoms with E-state index in [9.17, 15) is 18.0 Å². The lowest BCUT2D eigenvalue weighted by molar-refractivity contribution is -0.154. The number of carbonyl (C=O) groups is 1. The van der Waals surface area contributed by atoms with Crippen LogP contribution in [0.5, 0.6) is 5.88 Å². The Morgan fingerprint density at radius 3 is 2.48 bits per heavy atom. The average molecular weight is 401 g/mol. The lowest BCUT2D eigenvalue weighted by Gasteiger charge is -2.14. The summed E-state index contributed by atoms with van der Waals surface area (Å²) >= 11 is 0. The van der Waals surface area contributed by atoms with Crippen molar-refractivity contribution in [3.63, 3.8) is 0 Å². The van der Waals surface area contributed by atoms with Crippen molar-refractivity contribution < 1.29 is 22.7 Å². The molecule has 2 aromatic heterocycles. The smallest absolute Gasteiger partial charge is 0.422 e. The van der Waals surface area contributed by atoms with Crippen LogP contribution in [-0.2, 0) is 12.8 Å². The zero-order chi connectivity index (χ0) is 20.9. The number of aryl methyl sites for hydroxylation is 1. The van der Waals surface area contributed by atoms with Crippen molar-refractivity contribution in [2.75, 3.05) is 6.61 Å². The highest BCUT2D eigenvalue weighted by Crippen LogP contribution is 2.31. The SMILES string of the molecule is CCc1ccc(-c2cc(CC(=O)c3cccnn3)cnc2OCC(F)(F)F)cc1. The van der Waals surface area contributed by atoms with Gasteiger partial charge in [-0.3, -0.25) is 4.79 Å². The highest BCUT2D eigenvalue weighted by molar-refractivity contribution is 5.95. The van der Waals surface area contributed by atoms with Gasteiger partial charge in [-0.15, -0.1) is 5.10 Å². The Bertz CT molecular complexity index is 975. The number of pyridine rings is 1. The second kappa shape index (κ2) is 8.81. The third kappa shape index (κ3) is 5.60. The topological polar surface area (TPSA) is 65.0 Å². The van der Waals surface area contributed by atoms with Gasteiger partial charge in [0.25, 0.3) is 0 Å². The molecule has 3 rings (SSSR count). The van der Waals surface area contributed by atoms with Crippen LogP contribution in [0.3, 0.4) is 0 Å². The van der Waals surface area contributed by atoms with Crippen LogP contribution < -0.4 is 4.74 Å². The number of ketones is 1. The number of alkyl halides is 3. The molecular formula is C21H18F3N3O2. The maximum absolute atomic E-state index is 12.6. The van der Waals surface area contributed by atoms with Crippen molar-refractivity contribution in [3.8, 4) is 17.0 Å². The van der Waals surface area contributed by atoms with Gasteiger partial charge in [0.1, 0.15) is 5.69 Å². The summed E-state index contributed by atoms with van der Waals surface area (Å²) in [6, 6.07) is 12.1. The predicted molar refractivity (Wildman–Crippen MR) is 101 cm³/mol. The van der Waals surface area contributed by atoms with Gasteiger partial charge in [-0.25, -0.2) is 4.98 Å². The van der Waals surface area contributed by atoms with Gasteiger partial charge >= 0.3 is 6.18 Å². The van der Waals surface area contributed by atoms with E-state index in [-0.39, 0.29) is 23.8 Å². The van der Waals surface area contributed by atoms with Crippen molar-refractivity contribution >= 4 is 5.78 Å². The molecule has 0 aliphatic heterocycles. The number of carbonyl (C=O) groups excluding carboxylic acids is 1. The van der Waals surface area contributed by atoms with Gasteiger partial charge in [-0.1, -0.05) is 31.2 Å². The molecule has 0 radical (unpaired) electrons. The standard InChI is InChI=1S/C21H18F3N3O2/c1-2-14-5-7-16(8-6-14)17-10-15(11-19(28)18-4-3-9-26-27-18)12-25-20(17)29-13-21(22,23)24/h3-10,12H,2,11,13H2,1H3. The molecule has 8 heteroatoms. The first-order chi connectivity index (χ1) is 13.9. The molecule has 0 N–H and O–H groups in total. The summed E-state index contributed by atoms with van der Waals surface area (Å²) in [5, 5.41) is 7.46. The number of hydrogen-bond donors (Lipinski definition) is 0. The quantitative estimate of drug-likeness (QED) is 0.547. The highest BCUT2D eigenvalue weighted by atomic mass is 19.4. The minimum atomic E-state index is -4.48. The van der Waals surface area contributed by atoms with Gasteiger partial charge in [-0.2, -0.15) is 18.3 Å². The summed E-state index contributed by atoms with van der Waals surface area (Å²) in [5.41, 5.74) is 2.88. The molecule has 29 heavy (non-hydrogen) atoms. The van der Waals surface area contributed by atoms with Crippen molar-refractivity contribution in [1.82, 2.24) is 15.2 Å². The van der Waals surface area contributed by atoms with Gasteiger partial charge in [0.05, 0.1) is 0 Å². The Morgan fingerprint density at radius 1 is 1.10 bits per heavy atom. The molecule has 0 fully saturated rings. The molecule has 5 nitrogen and oxygen atoms in total. The maximum atomic E-state index is 12.6. The van der Waals surface area contributed by atoms with Crippen LogP contribution in [0.4, 0.5) is 13.2 Å². The summed E-state index contributed by atoms with van der Waals surface area (Å²) in [4.78, 5) is 16.4. The predicted octanol–water partition coefficient (Wildman–Crippen LogP) is 4.47. The van der Waals surface area contributed by atoms with Crippen molar-refractivity contribution in [3.05, 3.63) is 71.7 Å². The molecule has 150 valence electrons. The lowest BCUT2D eigenvalue weighted by atomic mass is 10.0. The van der Waals surface area contributed by atoms with Crippen LogP contribution in [0.2, 0.25) is 0 Å². The molecule has 0 atom stereocenters. The van der Waals surface area contributed by atoms with E-state index in [0.717, 1.165) is 12.0 Å². The van der Waals surface area contributed by atoms with Gasteiger partial charge in [0.15, 0.2) is 12.4 Å². The van der Waals surface area contributed by atoms with Crippen LogP contribution in [0.1, 0.15) is 28.5 Å². The van der Waals surface area contributed by atoms with E-state index in [2.05, 4.69) is 15.2 Å². The van der Waals surface area contributed by atoms with E-state index in [0.29, 0.717) is 16.7 Å². The molecular weight excluding hydrogens is 383 g/mol. The number of Topliss-reactive ketones (excluding diaryl/α,β-unsaturated/α-hetero) is 1. The Labute approximate surface area is 165 Å². The fourth-order valence-corrected chi connectivity index (χ4v) is 2.71. The van der Waals surface area contributed by atoms with Gasteiger partial charge in [-0.05, 0) is 41.3 Å². The molecule has 0 amide bonds. The van der Waals surface area contributed by atoms with E-state index >= 15 is 0 Å². The summed E-state index contributed by atoms with van der Waals surface area (Å²) < 4.78 is 42.7. The number of aromatic nitrogens is 3. The second-order valence-corrected chi connectivity index (χ2v) is 6.36. The van der Waals surface area contributed by atoms with Crippen molar-refractivity contribution in [2.45, 2.75) is 25.9 Å². The molecule has 0 aliphatic rings. The molecule has 3 aromatic rings. The fourth-order valence-electron chi connectivity index (χ4n) is 2.71. The molecule has 0 saturated carbocycles. The first-order valence-electron chi connectivity index (χ1n) is 8.94. The summed E-state index contributed by atoms with van der Waals surface area (Å²) in [7, 11) is 0. The van der Waals surface area contributed by atoms with Crippen LogP contribution in [-0.4, -0.2) is 33.7 Å². The van der Waals surface area contributed by atoms with Crippen LogP contribution >= 0.6 is 0 Å². The Kier molecular flexibility index (Phi) is 6.21. The molecule has 0 aliphatic carbocycles. The first kappa shape index (κ1) is 20.4. The van der Waals surface area contributed by atoms with Crippen LogP contribution in [0.15, 0.2) is 54.9 Å². The zero-order valence-corrected chi connectivity index (χ0v) is 15.6. The van der Waals surface area contributed by atoms with E-state index < -0.39 is 12.8 Å². The number of rotatable bonds is 7. The summed E-state index contributed by atoms with van der Waals surface area (Å²) in [6.07, 6.45) is -0.855. The molecule has 0 bridgehead atoms. The Morgan fingerprint density at radius 2 is 1.86 bits per heavy atom. The van der Waals surface area contributed by atoms with Gasteiger partial charge in [0, 0.05) is 24.4 Å². The normalized spacial score (nSPS) is 11.3. The minimum Gasteiger partial charge on any atom is -0.468 e. The first-order valence-corrected chi connectivity index (χ1v) is 8.94. The number of halogens is 3. The minimum absolute atomic E-state index is 0.00864. The molecule has 0 unspecified atom stereocenters. The van der Waals surface area contributed by atoms with Gasteiger partial charge in [0.2, 0.25) is 5.88 Å². The maximum Gasteiger partial charge on any atom is 0.422 e. The van der Waals surface area contributed by atoms with E-state index in [1.165, 1.54) is 12.4 Å². The number of hydrogen-bond acceptors (Lipinski definition) is 5. The molecule has 0 saturated heterocycles. The van der Waals surface area contributed by atoms with Crippen LogP contribution in [0, 0.1) is 0 Å². The molecule has 2 heterocycles. The van der Waals surface area contributed by atoms with Gasteiger partial charge < -0.3 is 4.74 Å². The summed E-state index contributed by atoms with van der Waals surface area (Å²) in [6.45, 7) is 0.561. The largest absolute Gasteiger partial charge is 0.468 e. The number of nitrogens with zero attached hydrogens (tertiary/aromatic N) is 3. The average Bonchev–Trinajstić information content (AvgIpc) is 2.73. The summed E-state index contributed by atoms with van der Waals surface area (Å²) in [5.74, 6) is -0.404. The third-order valence-electron chi connectivity index (χ3n) is 4.18. The molecule has 1 aromatic carbocycles. The van der Waals surface area contributed by atoms with Crippen molar-refractivity contribution in [1.29, 1.82) is 0 Å². The Hall–Kier alpha value is -3.29.